The topological polar surface area (TPSA) is 167 Å². The van der Waals surface area contributed by atoms with Gasteiger partial charge < -0.3 is 21.7 Å². The molecule has 0 fully saturated rings. The molecule has 1 heterocycles. The van der Waals surface area contributed by atoms with E-state index in [1.165, 1.54) is 9.91 Å². The molecule has 28 heavy (non-hydrogen) atoms. The van der Waals surface area contributed by atoms with Crippen LogP contribution in [0.2, 0.25) is 0 Å². The van der Waals surface area contributed by atoms with Gasteiger partial charge in [0.05, 0.1) is 12.1 Å². The van der Waals surface area contributed by atoms with Crippen LogP contribution in [0.3, 0.4) is 0 Å². The summed E-state index contributed by atoms with van der Waals surface area (Å²) in [5, 5.41) is 11.8. The molecule has 10 heteroatoms. The van der Waals surface area contributed by atoms with Gasteiger partial charge in [-0.2, -0.15) is 4.99 Å². The molecule has 1 aliphatic heterocycles. The molecule has 1 aliphatic rings. The number of allylic oxidation sites excluding steroid dienone is 1. The molecule has 0 spiro atoms. The molecule has 0 radical (unpaired) electrons. The second kappa shape index (κ2) is 8.53. The Morgan fingerprint density at radius 3 is 2.68 bits per heavy atom. The fourth-order valence-electron chi connectivity index (χ4n) is 2.68. The number of hydrazine groups is 1. The van der Waals surface area contributed by atoms with E-state index in [0.717, 1.165) is 0 Å². The second-order valence-electron chi connectivity index (χ2n) is 6.47. The first kappa shape index (κ1) is 20.9. The minimum Gasteiger partial charge on any atom is -0.398 e. The van der Waals surface area contributed by atoms with Gasteiger partial charge in [-0.3, -0.25) is 20.0 Å². The summed E-state index contributed by atoms with van der Waals surface area (Å²) in [6, 6.07) is 4.77. The van der Waals surface area contributed by atoms with Gasteiger partial charge >= 0.3 is 0 Å². The minimum absolute atomic E-state index is 0.00132. The summed E-state index contributed by atoms with van der Waals surface area (Å²) in [5.74, 6) is 5.19. The smallest absolute Gasteiger partial charge is 0.255 e. The lowest BCUT2D eigenvalue weighted by atomic mass is 10.1. The number of anilines is 2. The lowest BCUT2D eigenvalue weighted by Gasteiger charge is -2.34. The number of nitrogens with two attached hydrogens (primary N) is 3. The summed E-state index contributed by atoms with van der Waals surface area (Å²) in [6.45, 7) is 3.73. The van der Waals surface area contributed by atoms with Gasteiger partial charge in [-0.1, -0.05) is 6.92 Å². The molecular weight excluding hydrogens is 360 g/mol. The van der Waals surface area contributed by atoms with Crippen LogP contribution >= 0.6 is 0 Å². The quantitative estimate of drug-likeness (QED) is 0.213. The lowest BCUT2D eigenvalue weighted by molar-refractivity contribution is -0.117. The molecule has 0 unspecified atom stereocenters. The van der Waals surface area contributed by atoms with Gasteiger partial charge in [0.1, 0.15) is 5.84 Å². The third kappa shape index (κ3) is 4.46. The van der Waals surface area contributed by atoms with E-state index in [1.54, 1.807) is 32.2 Å². The maximum Gasteiger partial charge on any atom is 0.255 e. The Bertz CT molecular complexity index is 874. The van der Waals surface area contributed by atoms with Crippen molar-refractivity contribution in [2.24, 2.45) is 16.6 Å². The summed E-state index contributed by atoms with van der Waals surface area (Å²) in [5.41, 5.74) is 14.1. The van der Waals surface area contributed by atoms with Crippen molar-refractivity contribution in [3.8, 4) is 0 Å². The first-order valence-electron chi connectivity index (χ1n) is 8.78. The third-order valence-electron chi connectivity index (χ3n) is 4.43. The molecule has 8 N–H and O–H groups in total. The Morgan fingerprint density at radius 1 is 1.36 bits per heavy atom. The van der Waals surface area contributed by atoms with Gasteiger partial charge in [-0.25, -0.2) is 5.84 Å². The molecule has 10 nitrogen and oxygen atoms in total. The van der Waals surface area contributed by atoms with Crippen molar-refractivity contribution >= 4 is 35.0 Å². The Morgan fingerprint density at radius 2 is 2.04 bits per heavy atom. The molecule has 0 saturated heterocycles. The molecule has 0 aromatic heterocycles. The van der Waals surface area contributed by atoms with E-state index in [0.29, 0.717) is 41.1 Å². The number of nitrogens with zero attached hydrogens (tertiary/aromatic N) is 3. The highest BCUT2D eigenvalue weighted by Gasteiger charge is 2.27. The monoisotopic (exact) mass is 386 g/mol. The van der Waals surface area contributed by atoms with E-state index in [9.17, 15) is 9.59 Å². The molecule has 0 atom stereocenters. The summed E-state index contributed by atoms with van der Waals surface area (Å²) in [4.78, 5) is 29.8. The fourth-order valence-corrected chi connectivity index (χ4v) is 2.68. The number of hydrogen-bond acceptors (Lipinski definition) is 5. The van der Waals surface area contributed by atoms with Gasteiger partial charge in [-0.15, -0.1) is 0 Å². The zero-order valence-electron chi connectivity index (χ0n) is 16.2. The summed E-state index contributed by atoms with van der Waals surface area (Å²) >= 11 is 0. The highest BCUT2D eigenvalue weighted by atomic mass is 16.2. The Labute approximate surface area is 163 Å². The number of hydrogen-bond donors (Lipinski definition) is 5. The van der Waals surface area contributed by atoms with Crippen LogP contribution in [0.15, 0.2) is 34.5 Å². The van der Waals surface area contributed by atoms with E-state index in [2.05, 4.69) is 10.3 Å². The van der Waals surface area contributed by atoms with Crippen LogP contribution in [-0.4, -0.2) is 47.1 Å². The Hall–Kier alpha value is -3.40. The largest absolute Gasteiger partial charge is 0.398 e. The van der Waals surface area contributed by atoms with Crippen LogP contribution in [0, 0.1) is 5.41 Å². The molecular formula is C18H26N8O2. The minimum atomic E-state index is -0.361. The van der Waals surface area contributed by atoms with Gasteiger partial charge in [0.2, 0.25) is 11.9 Å². The van der Waals surface area contributed by atoms with Crippen LogP contribution in [0.1, 0.15) is 32.3 Å². The number of carbonyl (C=O) groups is 2. The standard InChI is InChI=1S/C18H26N8O2/c1-4-5-15(27)24-16(20)12-8-11(6-7-14(12)19)23-17(28)13-9-26(22)18(21)25(3)10(13)2/h6-8,21H,4-5,9,19,22H2,1-3H3,(H,23,28)(H2,20,24,27). The van der Waals surface area contributed by atoms with Gasteiger partial charge in [-0.05, 0) is 31.5 Å². The average Bonchev–Trinajstić information content (AvgIpc) is 2.64. The van der Waals surface area contributed by atoms with Crippen molar-refractivity contribution in [1.29, 1.82) is 5.41 Å². The highest BCUT2D eigenvalue weighted by molar-refractivity contribution is 6.10. The predicted octanol–water partition coefficient (Wildman–Crippen LogP) is 0.569. The van der Waals surface area contributed by atoms with Crippen molar-refractivity contribution in [3.63, 3.8) is 0 Å². The number of benzene rings is 1. The molecule has 0 saturated carbocycles. The summed E-state index contributed by atoms with van der Waals surface area (Å²) < 4.78 is 0. The summed E-state index contributed by atoms with van der Waals surface area (Å²) in [7, 11) is 1.66. The van der Waals surface area contributed by atoms with Crippen molar-refractivity contribution in [2.75, 3.05) is 24.6 Å². The number of aliphatic imine (C=N–C) groups is 1. The normalized spacial score (nSPS) is 15.1. The molecule has 1 aromatic carbocycles. The van der Waals surface area contributed by atoms with Gasteiger partial charge in [0.15, 0.2) is 0 Å². The highest BCUT2D eigenvalue weighted by Crippen LogP contribution is 2.21. The fraction of sp³-hybridized carbons (Fsp3) is 0.333. The van der Waals surface area contributed by atoms with Crippen LogP contribution in [0.25, 0.3) is 0 Å². The molecule has 0 aliphatic carbocycles. The summed E-state index contributed by atoms with van der Waals surface area (Å²) in [6.07, 6.45) is 0.961. The zero-order chi connectivity index (χ0) is 21.0. The molecule has 2 amide bonds. The SMILES string of the molecule is CCCC(=O)N=C(N)c1cc(NC(=O)C2=C(C)N(C)C(=N)N(N)C2)ccc1N. The maximum absolute atomic E-state index is 12.7. The third-order valence-corrected chi connectivity index (χ3v) is 4.43. The second-order valence-corrected chi connectivity index (χ2v) is 6.47. The Kier molecular flexibility index (Phi) is 6.37. The molecule has 150 valence electrons. The van der Waals surface area contributed by atoms with Crippen LogP contribution in [-0.2, 0) is 9.59 Å². The lowest BCUT2D eigenvalue weighted by Crippen LogP contribution is -2.51. The van der Waals surface area contributed by atoms with Gasteiger partial charge in [0, 0.05) is 36.1 Å². The Balaban J connectivity index is 2.27. The van der Waals surface area contributed by atoms with Crippen LogP contribution in [0.4, 0.5) is 11.4 Å². The zero-order valence-corrected chi connectivity index (χ0v) is 16.2. The maximum atomic E-state index is 12.7. The van der Waals surface area contributed by atoms with E-state index >= 15 is 0 Å². The number of nitrogen functional groups attached to an aromatic ring is 1. The molecule has 1 aromatic rings. The van der Waals surface area contributed by atoms with Gasteiger partial charge in [0.25, 0.3) is 5.91 Å². The number of guanidine groups is 1. The predicted molar refractivity (Wildman–Crippen MR) is 109 cm³/mol. The molecule has 0 bridgehead atoms. The van der Waals surface area contributed by atoms with Crippen LogP contribution in [0.5, 0.6) is 0 Å². The van der Waals surface area contributed by atoms with Crippen molar-refractivity contribution < 1.29 is 9.59 Å². The number of nitrogens with one attached hydrogen (secondary N) is 2. The first-order chi connectivity index (χ1) is 13.1. The van der Waals surface area contributed by atoms with E-state index in [4.69, 9.17) is 22.7 Å². The van der Waals surface area contributed by atoms with Crippen molar-refractivity contribution in [2.45, 2.75) is 26.7 Å². The van der Waals surface area contributed by atoms with Crippen molar-refractivity contribution in [1.82, 2.24) is 9.91 Å². The number of carbonyl (C=O) groups excluding carboxylic acids is 2. The van der Waals surface area contributed by atoms with E-state index in [1.807, 2.05) is 6.92 Å². The number of amides is 2. The van der Waals surface area contributed by atoms with Crippen LogP contribution < -0.4 is 22.6 Å². The number of amidine groups is 1. The first-order valence-corrected chi connectivity index (χ1v) is 8.78. The average molecular weight is 386 g/mol. The van der Waals surface area contributed by atoms with Crippen molar-refractivity contribution in [3.05, 3.63) is 35.0 Å². The number of rotatable bonds is 5. The molecule has 2 rings (SSSR count). The van der Waals surface area contributed by atoms with E-state index in [-0.39, 0.29) is 30.2 Å². The van der Waals surface area contributed by atoms with E-state index < -0.39 is 0 Å².